The minimum Gasteiger partial charge on any atom is -0.481 e. The number of hydrogen-bond acceptors (Lipinski definition) is 3. The maximum absolute atomic E-state index is 11.4. The molecule has 1 heterocycles. The first-order chi connectivity index (χ1) is 6.34. The summed E-state index contributed by atoms with van der Waals surface area (Å²) in [5.41, 5.74) is 0. The maximum Gasteiger partial charge on any atom is 0.303 e. The van der Waals surface area contributed by atoms with Crippen LogP contribution in [-0.4, -0.2) is 30.5 Å². The van der Waals surface area contributed by atoms with Gasteiger partial charge in [0.05, 0.1) is 11.0 Å². The molecule has 2 atom stereocenters. The molecule has 0 amide bonds. The van der Waals surface area contributed by atoms with Crippen molar-refractivity contribution in [1.82, 2.24) is 0 Å². The Morgan fingerprint density at radius 1 is 1.50 bits per heavy atom. The van der Waals surface area contributed by atoms with E-state index in [0.29, 0.717) is 6.42 Å². The highest BCUT2D eigenvalue weighted by molar-refractivity contribution is 7.93. The number of aliphatic carboxylic acids is 1. The molecule has 0 saturated carbocycles. The van der Waals surface area contributed by atoms with Crippen LogP contribution in [0.2, 0.25) is 0 Å². The van der Waals surface area contributed by atoms with Gasteiger partial charge in [0.25, 0.3) is 0 Å². The minimum atomic E-state index is -2.98. The van der Waals surface area contributed by atoms with Crippen LogP contribution in [0, 0.1) is 11.8 Å². The van der Waals surface area contributed by atoms with Gasteiger partial charge in [-0.3, -0.25) is 4.79 Å². The molecule has 1 saturated heterocycles. The number of rotatable bonds is 4. The van der Waals surface area contributed by atoms with E-state index < -0.39 is 21.1 Å². The molecule has 0 radical (unpaired) electrons. The molecule has 2 unspecified atom stereocenters. The molecule has 0 aromatic heterocycles. The third-order valence-corrected chi connectivity index (χ3v) is 5.20. The largest absolute Gasteiger partial charge is 0.481 e. The van der Waals surface area contributed by atoms with E-state index in [4.69, 9.17) is 5.11 Å². The van der Waals surface area contributed by atoms with Crippen LogP contribution in [0.3, 0.4) is 0 Å². The predicted octanol–water partition coefficient (Wildman–Crippen LogP) is 0.920. The Balaban J connectivity index is 2.74. The highest BCUT2D eigenvalue weighted by atomic mass is 32.2. The van der Waals surface area contributed by atoms with Gasteiger partial charge in [-0.1, -0.05) is 13.8 Å². The van der Waals surface area contributed by atoms with Crippen LogP contribution >= 0.6 is 0 Å². The highest BCUT2D eigenvalue weighted by Gasteiger charge is 2.43. The summed E-state index contributed by atoms with van der Waals surface area (Å²) in [4.78, 5) is 10.6. The molecule has 0 aromatic carbocycles. The quantitative estimate of drug-likeness (QED) is 0.764. The topological polar surface area (TPSA) is 71.4 Å². The molecule has 0 aliphatic carbocycles. The van der Waals surface area contributed by atoms with Crippen LogP contribution < -0.4 is 0 Å². The van der Waals surface area contributed by atoms with Crippen molar-refractivity contribution in [3.8, 4) is 0 Å². The fourth-order valence-corrected chi connectivity index (χ4v) is 3.76. The average Bonchev–Trinajstić information content (AvgIpc) is 2.00. The second-order valence-electron chi connectivity index (χ2n) is 4.20. The molecule has 1 rings (SSSR count). The first-order valence-electron chi connectivity index (χ1n) is 4.78. The third kappa shape index (κ3) is 2.26. The SMILES string of the molecule is CC(C)C(CC(=O)O)C1CCS1(=O)=O. The molecule has 4 nitrogen and oxygen atoms in total. The Bertz CT molecular complexity index is 318. The lowest BCUT2D eigenvalue weighted by molar-refractivity contribution is -0.138. The molecule has 0 bridgehead atoms. The normalized spacial score (nSPS) is 26.9. The molecule has 82 valence electrons. The first kappa shape index (κ1) is 11.5. The molecule has 0 spiro atoms. The summed E-state index contributed by atoms with van der Waals surface area (Å²) in [6, 6.07) is 0. The van der Waals surface area contributed by atoms with Gasteiger partial charge in [0, 0.05) is 6.42 Å². The van der Waals surface area contributed by atoms with E-state index in [9.17, 15) is 13.2 Å². The van der Waals surface area contributed by atoms with E-state index in [0.717, 1.165) is 0 Å². The number of hydrogen-bond donors (Lipinski definition) is 1. The van der Waals surface area contributed by atoms with Crippen LogP contribution in [-0.2, 0) is 14.6 Å². The molecule has 0 aromatic rings. The van der Waals surface area contributed by atoms with Gasteiger partial charge in [0.2, 0.25) is 0 Å². The van der Waals surface area contributed by atoms with Crippen molar-refractivity contribution in [2.24, 2.45) is 11.8 Å². The predicted molar refractivity (Wildman–Crippen MR) is 52.8 cm³/mol. The summed E-state index contributed by atoms with van der Waals surface area (Å²) in [6.45, 7) is 3.75. The Morgan fingerprint density at radius 2 is 2.07 bits per heavy atom. The minimum absolute atomic E-state index is 0.0401. The van der Waals surface area contributed by atoms with Crippen LogP contribution in [0.4, 0.5) is 0 Å². The molecule has 14 heavy (non-hydrogen) atoms. The lowest BCUT2D eigenvalue weighted by Gasteiger charge is -2.35. The summed E-state index contributed by atoms with van der Waals surface area (Å²) in [7, 11) is -2.98. The van der Waals surface area contributed by atoms with Crippen molar-refractivity contribution in [3.05, 3.63) is 0 Å². The summed E-state index contributed by atoms with van der Waals surface area (Å²) in [5, 5.41) is 8.26. The second-order valence-corrected chi connectivity index (χ2v) is 6.54. The van der Waals surface area contributed by atoms with Crippen molar-refractivity contribution < 1.29 is 18.3 Å². The lowest BCUT2D eigenvalue weighted by Crippen LogP contribution is -2.44. The van der Waals surface area contributed by atoms with Crippen LogP contribution in [0.25, 0.3) is 0 Å². The Morgan fingerprint density at radius 3 is 2.29 bits per heavy atom. The molecule has 1 fully saturated rings. The molecule has 5 heteroatoms. The van der Waals surface area contributed by atoms with Crippen LogP contribution in [0.5, 0.6) is 0 Å². The number of carboxylic acid groups (broad SMARTS) is 1. The zero-order chi connectivity index (χ0) is 10.9. The zero-order valence-corrected chi connectivity index (χ0v) is 9.25. The van der Waals surface area contributed by atoms with Gasteiger partial charge in [-0.15, -0.1) is 0 Å². The van der Waals surface area contributed by atoms with Crippen LogP contribution in [0.1, 0.15) is 26.7 Å². The van der Waals surface area contributed by atoms with Crippen molar-refractivity contribution >= 4 is 15.8 Å². The molecule has 1 N–H and O–H groups in total. The summed E-state index contributed by atoms with van der Waals surface area (Å²) < 4.78 is 22.7. The molecule has 1 aliphatic rings. The zero-order valence-electron chi connectivity index (χ0n) is 8.43. The fourth-order valence-electron chi connectivity index (χ4n) is 1.92. The van der Waals surface area contributed by atoms with Crippen molar-refractivity contribution in [2.45, 2.75) is 31.9 Å². The van der Waals surface area contributed by atoms with Gasteiger partial charge in [-0.25, -0.2) is 8.42 Å². The van der Waals surface area contributed by atoms with Gasteiger partial charge in [0.15, 0.2) is 9.84 Å². The molecule has 1 aliphatic heterocycles. The van der Waals surface area contributed by atoms with Crippen LogP contribution in [0.15, 0.2) is 0 Å². The lowest BCUT2D eigenvalue weighted by atomic mass is 9.87. The van der Waals surface area contributed by atoms with Crippen molar-refractivity contribution in [3.63, 3.8) is 0 Å². The van der Waals surface area contributed by atoms with Gasteiger partial charge in [-0.05, 0) is 18.3 Å². The summed E-state index contributed by atoms with van der Waals surface area (Å²) in [5.74, 6) is -0.816. The fraction of sp³-hybridized carbons (Fsp3) is 0.889. The summed E-state index contributed by atoms with van der Waals surface area (Å²) in [6.07, 6.45) is 0.583. The summed E-state index contributed by atoms with van der Waals surface area (Å²) >= 11 is 0. The highest BCUT2D eigenvalue weighted by Crippen LogP contribution is 2.34. The number of sulfone groups is 1. The van der Waals surface area contributed by atoms with Gasteiger partial charge < -0.3 is 5.11 Å². The van der Waals surface area contributed by atoms with Crippen molar-refractivity contribution in [1.29, 1.82) is 0 Å². The second kappa shape index (κ2) is 3.88. The number of carbonyl (C=O) groups is 1. The van der Waals surface area contributed by atoms with E-state index in [2.05, 4.69) is 0 Å². The monoisotopic (exact) mass is 220 g/mol. The maximum atomic E-state index is 11.4. The third-order valence-electron chi connectivity index (χ3n) is 2.89. The Labute approximate surface area is 84.2 Å². The van der Waals surface area contributed by atoms with Gasteiger partial charge in [-0.2, -0.15) is 0 Å². The van der Waals surface area contributed by atoms with E-state index >= 15 is 0 Å². The Hall–Kier alpha value is -0.580. The van der Waals surface area contributed by atoms with E-state index in [-0.39, 0.29) is 24.0 Å². The molecular weight excluding hydrogens is 204 g/mol. The van der Waals surface area contributed by atoms with Gasteiger partial charge in [0.1, 0.15) is 0 Å². The molecular formula is C9H16O4S. The van der Waals surface area contributed by atoms with Gasteiger partial charge >= 0.3 is 5.97 Å². The smallest absolute Gasteiger partial charge is 0.303 e. The number of carboxylic acids is 1. The Kier molecular flexibility index (Phi) is 3.19. The average molecular weight is 220 g/mol. The van der Waals surface area contributed by atoms with E-state index in [1.807, 2.05) is 13.8 Å². The van der Waals surface area contributed by atoms with Crippen molar-refractivity contribution in [2.75, 3.05) is 5.75 Å². The van der Waals surface area contributed by atoms with E-state index in [1.165, 1.54) is 0 Å². The first-order valence-corrected chi connectivity index (χ1v) is 6.49. The standard InChI is InChI=1S/C9H16O4S/c1-6(2)7(5-9(10)11)8-3-4-14(8,12)13/h6-8H,3-5H2,1-2H3,(H,10,11). The van der Waals surface area contributed by atoms with E-state index in [1.54, 1.807) is 0 Å².